The zero-order chi connectivity index (χ0) is 13.6. The van der Waals surface area contributed by atoms with E-state index in [1.165, 1.54) is 6.08 Å². The largest absolute Gasteiger partial charge is 0.388 e. The third-order valence-corrected chi connectivity index (χ3v) is 4.07. The first-order valence-electron chi connectivity index (χ1n) is 6.17. The van der Waals surface area contributed by atoms with E-state index in [0.29, 0.717) is 0 Å². The number of thiophene rings is 1. The third-order valence-electron chi connectivity index (χ3n) is 3.24. The van der Waals surface area contributed by atoms with Gasteiger partial charge in [-0.1, -0.05) is 26.3 Å². The summed E-state index contributed by atoms with van der Waals surface area (Å²) in [7, 11) is 0. The molecule has 1 rings (SSSR count). The molecule has 0 spiro atoms. The smallest absolute Gasteiger partial charge is 0.244 e. The number of amides is 1. The Morgan fingerprint density at radius 1 is 1.67 bits per heavy atom. The van der Waals surface area contributed by atoms with Crippen molar-refractivity contribution >= 4 is 23.3 Å². The van der Waals surface area contributed by atoms with Gasteiger partial charge < -0.3 is 10.4 Å². The third kappa shape index (κ3) is 4.63. The maximum absolute atomic E-state index is 11.6. The summed E-state index contributed by atoms with van der Waals surface area (Å²) < 4.78 is 0. The highest BCUT2D eigenvalue weighted by Crippen LogP contribution is 2.18. The van der Waals surface area contributed by atoms with Crippen LogP contribution in [0.15, 0.2) is 23.6 Å². The second-order valence-electron chi connectivity index (χ2n) is 4.73. The van der Waals surface area contributed by atoms with Crippen LogP contribution in [0.1, 0.15) is 32.1 Å². The molecule has 0 bridgehead atoms. The summed E-state index contributed by atoms with van der Waals surface area (Å²) in [6.45, 7) is 6.03. The van der Waals surface area contributed by atoms with Crippen molar-refractivity contribution in [3.05, 3.63) is 28.5 Å². The predicted molar refractivity (Wildman–Crippen MR) is 76.4 cm³/mol. The SMILES string of the molecule is CCC(C)C(C)(O)CNC(=O)C=Cc1cccs1. The fourth-order valence-electron chi connectivity index (χ4n) is 1.48. The molecule has 0 aliphatic heterocycles. The summed E-state index contributed by atoms with van der Waals surface area (Å²) in [4.78, 5) is 12.6. The van der Waals surface area contributed by atoms with Gasteiger partial charge in [-0.2, -0.15) is 0 Å². The molecule has 0 aromatic carbocycles. The molecule has 2 N–H and O–H groups in total. The van der Waals surface area contributed by atoms with Gasteiger partial charge in [0.25, 0.3) is 0 Å². The van der Waals surface area contributed by atoms with E-state index in [0.717, 1.165) is 11.3 Å². The van der Waals surface area contributed by atoms with Crippen LogP contribution in [0.5, 0.6) is 0 Å². The molecule has 0 fully saturated rings. The van der Waals surface area contributed by atoms with Gasteiger partial charge in [0, 0.05) is 17.5 Å². The Hall–Kier alpha value is -1.13. The predicted octanol–water partition coefficient (Wildman–Crippen LogP) is 2.67. The maximum Gasteiger partial charge on any atom is 0.244 e. The van der Waals surface area contributed by atoms with Crippen molar-refractivity contribution in [1.29, 1.82) is 0 Å². The zero-order valence-corrected chi connectivity index (χ0v) is 12.0. The van der Waals surface area contributed by atoms with E-state index >= 15 is 0 Å². The summed E-state index contributed by atoms with van der Waals surface area (Å²) in [6.07, 6.45) is 4.16. The van der Waals surface area contributed by atoms with Crippen LogP contribution >= 0.6 is 11.3 Å². The van der Waals surface area contributed by atoms with Crippen LogP contribution < -0.4 is 5.32 Å². The Balaban J connectivity index is 2.42. The number of carbonyl (C=O) groups excluding carboxylic acids is 1. The van der Waals surface area contributed by atoms with Crippen molar-refractivity contribution in [3.63, 3.8) is 0 Å². The highest BCUT2D eigenvalue weighted by Gasteiger charge is 2.26. The van der Waals surface area contributed by atoms with Crippen molar-refractivity contribution < 1.29 is 9.90 Å². The molecular weight excluding hydrogens is 246 g/mol. The summed E-state index contributed by atoms with van der Waals surface area (Å²) in [5.74, 6) is -0.0222. The van der Waals surface area contributed by atoms with E-state index in [9.17, 15) is 9.90 Å². The summed E-state index contributed by atoms with van der Waals surface area (Å²) in [5.41, 5.74) is -0.860. The highest BCUT2D eigenvalue weighted by molar-refractivity contribution is 7.10. The van der Waals surface area contributed by atoms with E-state index in [-0.39, 0.29) is 18.4 Å². The molecule has 0 saturated heterocycles. The Labute approximate surface area is 113 Å². The first-order valence-corrected chi connectivity index (χ1v) is 7.05. The van der Waals surface area contributed by atoms with Crippen molar-refractivity contribution in [2.75, 3.05) is 6.54 Å². The Kier molecular flexibility index (Phi) is 5.56. The minimum absolute atomic E-state index is 0.152. The first-order chi connectivity index (χ1) is 8.45. The molecule has 1 aromatic heterocycles. The standard InChI is InChI=1S/C14H21NO2S/c1-4-11(2)14(3,17)10-15-13(16)8-7-12-6-5-9-18-12/h5-9,11,17H,4,10H2,1-3H3,(H,15,16). The minimum Gasteiger partial charge on any atom is -0.388 e. The van der Waals surface area contributed by atoms with Crippen molar-refractivity contribution in [2.24, 2.45) is 5.92 Å². The van der Waals surface area contributed by atoms with Crippen LogP contribution in [0, 0.1) is 5.92 Å². The number of aliphatic hydroxyl groups is 1. The monoisotopic (exact) mass is 267 g/mol. The molecule has 2 unspecified atom stereocenters. The summed E-state index contributed by atoms with van der Waals surface area (Å²) in [6, 6.07) is 3.89. The fraction of sp³-hybridized carbons (Fsp3) is 0.500. The Bertz CT molecular complexity index is 396. The fourth-order valence-corrected chi connectivity index (χ4v) is 2.10. The summed E-state index contributed by atoms with van der Waals surface area (Å²) >= 11 is 1.58. The molecule has 0 aliphatic carbocycles. The highest BCUT2D eigenvalue weighted by atomic mass is 32.1. The normalized spacial score (nSPS) is 16.4. The van der Waals surface area contributed by atoms with Gasteiger partial charge in [-0.05, 0) is 30.4 Å². The van der Waals surface area contributed by atoms with Crippen LogP contribution in [0.25, 0.3) is 6.08 Å². The van der Waals surface area contributed by atoms with E-state index in [2.05, 4.69) is 5.32 Å². The molecule has 100 valence electrons. The zero-order valence-electron chi connectivity index (χ0n) is 11.1. The second-order valence-corrected chi connectivity index (χ2v) is 5.71. The van der Waals surface area contributed by atoms with E-state index < -0.39 is 5.60 Å². The van der Waals surface area contributed by atoms with Gasteiger partial charge in [0.2, 0.25) is 5.91 Å². The van der Waals surface area contributed by atoms with Gasteiger partial charge in [0.15, 0.2) is 0 Å². The average Bonchev–Trinajstić information content (AvgIpc) is 2.86. The Morgan fingerprint density at radius 2 is 2.39 bits per heavy atom. The molecule has 3 nitrogen and oxygen atoms in total. The maximum atomic E-state index is 11.6. The van der Waals surface area contributed by atoms with Crippen LogP contribution in [0.3, 0.4) is 0 Å². The number of nitrogens with one attached hydrogen (secondary N) is 1. The molecule has 1 amide bonds. The lowest BCUT2D eigenvalue weighted by atomic mass is 9.89. The average molecular weight is 267 g/mol. The number of hydrogen-bond acceptors (Lipinski definition) is 3. The van der Waals surface area contributed by atoms with Crippen molar-refractivity contribution in [2.45, 2.75) is 32.8 Å². The lowest BCUT2D eigenvalue weighted by Gasteiger charge is -2.29. The Morgan fingerprint density at radius 3 is 2.94 bits per heavy atom. The number of hydrogen-bond donors (Lipinski definition) is 2. The molecule has 2 atom stereocenters. The van der Waals surface area contributed by atoms with Crippen LogP contribution in [0.2, 0.25) is 0 Å². The van der Waals surface area contributed by atoms with Gasteiger partial charge in [-0.3, -0.25) is 4.79 Å². The van der Waals surface area contributed by atoms with Gasteiger partial charge >= 0.3 is 0 Å². The van der Waals surface area contributed by atoms with E-state index in [1.54, 1.807) is 24.3 Å². The molecule has 18 heavy (non-hydrogen) atoms. The van der Waals surface area contributed by atoms with Gasteiger partial charge in [-0.25, -0.2) is 0 Å². The lowest BCUT2D eigenvalue weighted by Crippen LogP contribution is -2.44. The molecule has 1 heterocycles. The molecule has 0 saturated carbocycles. The van der Waals surface area contributed by atoms with Crippen LogP contribution in [-0.2, 0) is 4.79 Å². The number of rotatable bonds is 6. The van der Waals surface area contributed by atoms with Crippen LogP contribution in [0.4, 0.5) is 0 Å². The first kappa shape index (κ1) is 14.9. The van der Waals surface area contributed by atoms with E-state index in [4.69, 9.17) is 0 Å². The van der Waals surface area contributed by atoms with Crippen molar-refractivity contribution in [1.82, 2.24) is 5.32 Å². The quantitative estimate of drug-likeness (QED) is 0.779. The minimum atomic E-state index is -0.860. The van der Waals surface area contributed by atoms with Crippen molar-refractivity contribution in [3.8, 4) is 0 Å². The topological polar surface area (TPSA) is 49.3 Å². The molecule has 4 heteroatoms. The molecule has 0 aliphatic rings. The van der Waals surface area contributed by atoms with Gasteiger partial charge in [-0.15, -0.1) is 11.3 Å². The summed E-state index contributed by atoms with van der Waals surface area (Å²) in [5, 5.41) is 14.8. The number of carbonyl (C=O) groups is 1. The van der Waals surface area contributed by atoms with Gasteiger partial charge in [0.1, 0.15) is 0 Å². The van der Waals surface area contributed by atoms with Gasteiger partial charge in [0.05, 0.1) is 5.60 Å². The second kappa shape index (κ2) is 6.71. The molecule has 1 aromatic rings. The van der Waals surface area contributed by atoms with Crippen LogP contribution in [-0.4, -0.2) is 23.2 Å². The molecule has 0 radical (unpaired) electrons. The molecular formula is C14H21NO2S. The van der Waals surface area contributed by atoms with E-state index in [1.807, 2.05) is 31.4 Å². The lowest BCUT2D eigenvalue weighted by molar-refractivity contribution is -0.118.